The van der Waals surface area contributed by atoms with Gasteiger partial charge in [0.25, 0.3) is 0 Å². The van der Waals surface area contributed by atoms with Crippen molar-refractivity contribution in [3.05, 3.63) is 29.6 Å². The number of nitrogens with two attached hydrogens (primary N) is 1. The van der Waals surface area contributed by atoms with E-state index in [1.54, 1.807) is 0 Å². The fraction of sp³-hybridized carbons (Fsp3) is 0.111. The Balaban J connectivity index is 2.56. The molecule has 1 heterocycles. The first-order chi connectivity index (χ1) is 7.89. The maximum Gasteiger partial charge on any atom is 0.419 e. The molecule has 1 aromatic carbocycles. The molecule has 0 bridgehead atoms. The lowest BCUT2D eigenvalue weighted by Gasteiger charge is -2.09. The molecule has 0 unspecified atom stereocenters. The van der Waals surface area contributed by atoms with E-state index in [2.05, 4.69) is 8.75 Å². The van der Waals surface area contributed by atoms with Crippen molar-refractivity contribution < 1.29 is 17.6 Å². The molecule has 8 heteroatoms. The van der Waals surface area contributed by atoms with Gasteiger partial charge in [-0.25, -0.2) is 4.39 Å². The second-order valence-electron chi connectivity index (χ2n) is 3.19. The summed E-state index contributed by atoms with van der Waals surface area (Å²) in [4.78, 5) is 0. The van der Waals surface area contributed by atoms with Gasteiger partial charge in [-0.1, -0.05) is 0 Å². The minimum absolute atomic E-state index is 0.0229. The third kappa shape index (κ3) is 2.21. The van der Waals surface area contributed by atoms with Crippen LogP contribution in [0.25, 0.3) is 11.3 Å². The Labute approximate surface area is 97.2 Å². The molecule has 0 aliphatic rings. The lowest BCUT2D eigenvalue weighted by Crippen LogP contribution is -2.08. The predicted molar refractivity (Wildman–Crippen MR) is 54.7 cm³/mol. The molecule has 2 N–H and O–H groups in total. The van der Waals surface area contributed by atoms with Crippen LogP contribution < -0.4 is 5.73 Å². The molecular formula is C9H5F4N3S. The van der Waals surface area contributed by atoms with Crippen molar-refractivity contribution in [1.82, 2.24) is 8.75 Å². The number of alkyl halides is 3. The zero-order valence-corrected chi connectivity index (χ0v) is 8.94. The fourth-order valence-electron chi connectivity index (χ4n) is 1.29. The topological polar surface area (TPSA) is 51.8 Å². The van der Waals surface area contributed by atoms with Crippen molar-refractivity contribution >= 4 is 17.5 Å². The predicted octanol–water partition coefficient (Wildman–Crippen LogP) is 2.95. The van der Waals surface area contributed by atoms with Crippen LogP contribution in [0.3, 0.4) is 0 Å². The summed E-state index contributed by atoms with van der Waals surface area (Å²) in [6.45, 7) is 0. The molecule has 0 aliphatic carbocycles. The van der Waals surface area contributed by atoms with Gasteiger partial charge < -0.3 is 5.73 Å². The van der Waals surface area contributed by atoms with E-state index < -0.39 is 17.6 Å². The van der Waals surface area contributed by atoms with E-state index in [0.29, 0.717) is 6.07 Å². The number of anilines is 1. The second kappa shape index (κ2) is 3.95. The third-order valence-corrected chi connectivity index (χ3v) is 2.60. The maximum absolute atomic E-state index is 13.0. The highest BCUT2D eigenvalue weighted by molar-refractivity contribution is 6.99. The molecule has 0 saturated carbocycles. The van der Waals surface area contributed by atoms with Gasteiger partial charge >= 0.3 is 6.18 Å². The van der Waals surface area contributed by atoms with E-state index in [1.807, 2.05) is 0 Å². The maximum atomic E-state index is 13.0. The van der Waals surface area contributed by atoms with Gasteiger partial charge in [-0.15, -0.1) is 0 Å². The Bertz CT molecular complexity index is 549. The van der Waals surface area contributed by atoms with E-state index >= 15 is 0 Å². The summed E-state index contributed by atoms with van der Waals surface area (Å²) in [5.41, 5.74) is 4.30. The van der Waals surface area contributed by atoms with Crippen LogP contribution in [0, 0.1) is 5.82 Å². The number of rotatable bonds is 1. The van der Waals surface area contributed by atoms with Gasteiger partial charge in [0, 0.05) is 5.56 Å². The Hall–Kier alpha value is -1.70. The third-order valence-electron chi connectivity index (χ3n) is 2.06. The number of halogens is 4. The zero-order chi connectivity index (χ0) is 12.6. The zero-order valence-electron chi connectivity index (χ0n) is 8.12. The summed E-state index contributed by atoms with van der Waals surface area (Å²) < 4.78 is 57.8. The molecule has 0 saturated heterocycles. The molecule has 1 aromatic heterocycles. The minimum atomic E-state index is -4.75. The average molecular weight is 263 g/mol. The standard InChI is InChI=1S/C9H5F4N3S/c10-6-2-1-4(3-5(6)9(11,12)13)7-8(14)16-17-15-7/h1-3H,(H2,14,16). The molecule has 17 heavy (non-hydrogen) atoms. The van der Waals surface area contributed by atoms with Gasteiger partial charge in [0.2, 0.25) is 0 Å². The van der Waals surface area contributed by atoms with E-state index in [-0.39, 0.29) is 17.1 Å². The van der Waals surface area contributed by atoms with Crippen molar-refractivity contribution in [2.45, 2.75) is 6.18 Å². The van der Waals surface area contributed by atoms with Crippen LogP contribution in [-0.2, 0) is 6.18 Å². The SMILES string of the molecule is Nc1nsnc1-c1ccc(F)c(C(F)(F)F)c1. The Morgan fingerprint density at radius 2 is 1.88 bits per heavy atom. The van der Waals surface area contributed by atoms with Crippen LogP contribution in [0.1, 0.15) is 5.56 Å². The number of hydrogen-bond donors (Lipinski definition) is 1. The van der Waals surface area contributed by atoms with Gasteiger partial charge in [-0.05, 0) is 18.2 Å². The highest BCUT2D eigenvalue weighted by Crippen LogP contribution is 2.34. The molecule has 2 aromatic rings. The van der Waals surface area contributed by atoms with Crippen LogP contribution in [0.15, 0.2) is 18.2 Å². The molecule has 0 aliphatic heterocycles. The van der Waals surface area contributed by atoms with Crippen LogP contribution in [0.2, 0.25) is 0 Å². The van der Waals surface area contributed by atoms with E-state index in [9.17, 15) is 17.6 Å². The van der Waals surface area contributed by atoms with Crippen molar-refractivity contribution in [2.75, 3.05) is 5.73 Å². The fourth-order valence-corrected chi connectivity index (χ4v) is 1.78. The quantitative estimate of drug-likeness (QED) is 0.805. The number of nitrogens with zero attached hydrogens (tertiary/aromatic N) is 2. The van der Waals surface area contributed by atoms with Crippen LogP contribution in [0.4, 0.5) is 23.4 Å². The monoisotopic (exact) mass is 263 g/mol. The average Bonchev–Trinajstić information content (AvgIpc) is 2.63. The number of nitrogen functional groups attached to an aromatic ring is 1. The lowest BCUT2D eigenvalue weighted by atomic mass is 10.1. The Morgan fingerprint density at radius 1 is 1.18 bits per heavy atom. The van der Waals surface area contributed by atoms with Crippen LogP contribution >= 0.6 is 11.7 Å². The molecular weight excluding hydrogens is 258 g/mol. The molecule has 3 nitrogen and oxygen atoms in total. The highest BCUT2D eigenvalue weighted by Gasteiger charge is 2.34. The highest BCUT2D eigenvalue weighted by atomic mass is 32.1. The van der Waals surface area contributed by atoms with Crippen LogP contribution in [0.5, 0.6) is 0 Å². The first-order valence-electron chi connectivity index (χ1n) is 4.34. The molecule has 90 valence electrons. The number of hydrogen-bond acceptors (Lipinski definition) is 4. The summed E-state index contributed by atoms with van der Waals surface area (Å²) in [5, 5.41) is 0. The van der Waals surface area contributed by atoms with Gasteiger partial charge in [-0.2, -0.15) is 21.9 Å². The molecule has 2 rings (SSSR count). The summed E-state index contributed by atoms with van der Waals surface area (Å²) >= 11 is 0.779. The van der Waals surface area contributed by atoms with Crippen molar-refractivity contribution in [3.8, 4) is 11.3 Å². The van der Waals surface area contributed by atoms with Gasteiger partial charge in [0.15, 0.2) is 5.82 Å². The van der Waals surface area contributed by atoms with Gasteiger partial charge in [0.1, 0.15) is 11.5 Å². The van der Waals surface area contributed by atoms with Crippen molar-refractivity contribution in [1.29, 1.82) is 0 Å². The lowest BCUT2D eigenvalue weighted by molar-refractivity contribution is -0.139. The summed E-state index contributed by atoms with van der Waals surface area (Å²) in [5.74, 6) is -1.31. The summed E-state index contributed by atoms with van der Waals surface area (Å²) in [6, 6.07) is 2.58. The largest absolute Gasteiger partial charge is 0.419 e. The van der Waals surface area contributed by atoms with E-state index in [4.69, 9.17) is 5.73 Å². The van der Waals surface area contributed by atoms with Crippen molar-refractivity contribution in [2.24, 2.45) is 0 Å². The van der Waals surface area contributed by atoms with Crippen LogP contribution in [-0.4, -0.2) is 8.75 Å². The molecule has 0 amide bonds. The molecule has 0 radical (unpaired) electrons. The minimum Gasteiger partial charge on any atom is -0.381 e. The summed E-state index contributed by atoms with van der Waals surface area (Å²) in [7, 11) is 0. The normalized spacial score (nSPS) is 11.8. The number of aromatic nitrogens is 2. The van der Waals surface area contributed by atoms with Gasteiger partial charge in [-0.3, -0.25) is 0 Å². The molecule has 0 spiro atoms. The Kier molecular flexibility index (Phi) is 2.74. The second-order valence-corrected chi connectivity index (χ2v) is 3.72. The van der Waals surface area contributed by atoms with E-state index in [1.165, 1.54) is 6.07 Å². The first-order valence-corrected chi connectivity index (χ1v) is 5.08. The molecule has 0 atom stereocenters. The number of benzene rings is 1. The van der Waals surface area contributed by atoms with E-state index in [0.717, 1.165) is 17.8 Å². The summed E-state index contributed by atoms with van der Waals surface area (Å²) in [6.07, 6.45) is -4.75. The Morgan fingerprint density at radius 3 is 2.41 bits per heavy atom. The smallest absolute Gasteiger partial charge is 0.381 e. The van der Waals surface area contributed by atoms with Gasteiger partial charge in [0.05, 0.1) is 17.3 Å². The molecule has 0 fully saturated rings. The van der Waals surface area contributed by atoms with Crippen molar-refractivity contribution in [3.63, 3.8) is 0 Å². The first kappa shape index (κ1) is 11.8.